The van der Waals surface area contributed by atoms with Crippen LogP contribution in [0.4, 0.5) is 0 Å². The monoisotopic (exact) mass is 462 g/mol. The van der Waals surface area contributed by atoms with Crippen molar-refractivity contribution in [1.82, 2.24) is 0 Å². The van der Waals surface area contributed by atoms with E-state index in [-0.39, 0.29) is 0 Å². The molecule has 152 valence electrons. The van der Waals surface area contributed by atoms with Gasteiger partial charge in [-0.25, -0.2) is 0 Å². The average Bonchev–Trinajstić information content (AvgIpc) is 2.66. The Labute approximate surface area is 170 Å². The SMILES string of the molecule is CC[Si](Cl)(CC)O[Si](CC)(CC)O[Si](CC)(CC)O[Si](Cl)(CC)CC. The zero-order chi connectivity index (χ0) is 19.8. The molecule has 0 saturated carbocycles. The molecule has 0 fully saturated rings. The quantitative estimate of drug-likeness (QED) is 0.198. The fourth-order valence-electron chi connectivity index (χ4n) is 2.91. The van der Waals surface area contributed by atoms with Crippen LogP contribution in [0.2, 0.25) is 48.4 Å². The van der Waals surface area contributed by atoms with Crippen molar-refractivity contribution in [3.8, 4) is 0 Å². The summed E-state index contributed by atoms with van der Waals surface area (Å²) in [5.74, 6) is 0. The summed E-state index contributed by atoms with van der Waals surface area (Å²) in [6.45, 7) is 17.3. The van der Waals surface area contributed by atoms with Gasteiger partial charge < -0.3 is 12.3 Å². The van der Waals surface area contributed by atoms with Crippen LogP contribution in [0.25, 0.3) is 0 Å². The Morgan fingerprint density at radius 1 is 0.440 bits per heavy atom. The van der Waals surface area contributed by atoms with Gasteiger partial charge in [-0.3, -0.25) is 0 Å². The molecule has 0 atom stereocenters. The molecule has 0 radical (unpaired) electrons. The van der Waals surface area contributed by atoms with E-state index in [1.54, 1.807) is 0 Å². The zero-order valence-corrected chi connectivity index (χ0v) is 23.1. The van der Waals surface area contributed by atoms with Crippen LogP contribution < -0.4 is 0 Å². The molecule has 0 N–H and O–H groups in total. The number of rotatable bonds is 14. The Morgan fingerprint density at radius 2 is 0.680 bits per heavy atom. The van der Waals surface area contributed by atoms with Crippen molar-refractivity contribution in [3.63, 3.8) is 0 Å². The van der Waals surface area contributed by atoms with E-state index in [4.69, 9.17) is 34.5 Å². The van der Waals surface area contributed by atoms with E-state index < -0.39 is 32.4 Å². The van der Waals surface area contributed by atoms with Crippen LogP contribution in [-0.4, -0.2) is 32.4 Å². The third kappa shape index (κ3) is 7.34. The van der Waals surface area contributed by atoms with Gasteiger partial charge >= 0.3 is 17.1 Å². The van der Waals surface area contributed by atoms with Crippen molar-refractivity contribution in [2.75, 3.05) is 0 Å². The molecule has 0 bridgehead atoms. The van der Waals surface area contributed by atoms with E-state index in [1.165, 1.54) is 0 Å². The highest BCUT2D eigenvalue weighted by molar-refractivity contribution is 7.20. The van der Waals surface area contributed by atoms with Crippen LogP contribution in [0.3, 0.4) is 0 Å². The van der Waals surface area contributed by atoms with E-state index >= 15 is 0 Å². The van der Waals surface area contributed by atoms with Gasteiger partial charge in [-0.05, 0) is 48.4 Å². The molecule has 9 heteroatoms. The minimum absolute atomic E-state index is 0.912. The van der Waals surface area contributed by atoms with Crippen LogP contribution in [-0.2, 0) is 12.3 Å². The lowest BCUT2D eigenvalue weighted by atomic mass is 10.9. The maximum atomic E-state index is 6.96. The molecule has 25 heavy (non-hydrogen) atoms. The van der Waals surface area contributed by atoms with Crippen LogP contribution in [0.1, 0.15) is 55.4 Å². The Hall–Kier alpha value is 1.33. The lowest BCUT2D eigenvalue weighted by Gasteiger charge is -2.45. The topological polar surface area (TPSA) is 27.7 Å². The number of halogens is 2. The Bertz CT molecular complexity index is 338. The van der Waals surface area contributed by atoms with Crippen molar-refractivity contribution >= 4 is 54.5 Å². The summed E-state index contributed by atoms with van der Waals surface area (Å²) >= 11 is 13.8. The van der Waals surface area contributed by atoms with Gasteiger partial charge in [-0.2, -0.15) is 0 Å². The summed E-state index contributed by atoms with van der Waals surface area (Å²) in [7, 11) is -9.23. The van der Waals surface area contributed by atoms with Gasteiger partial charge in [0.15, 0.2) is 0 Å². The number of hydrogen-bond acceptors (Lipinski definition) is 3. The summed E-state index contributed by atoms with van der Waals surface area (Å²) in [5, 5.41) is 0. The maximum absolute atomic E-state index is 6.96. The van der Waals surface area contributed by atoms with Gasteiger partial charge in [-0.15, -0.1) is 22.2 Å². The molecule has 0 aliphatic carbocycles. The fourth-order valence-corrected chi connectivity index (χ4v) is 23.5. The number of hydrogen-bond donors (Lipinski definition) is 0. The summed E-state index contributed by atoms with van der Waals surface area (Å²) < 4.78 is 20.4. The second-order valence-electron chi connectivity index (χ2n) is 6.72. The molecule has 0 aromatic rings. The minimum Gasteiger partial charge on any atom is -0.424 e. The van der Waals surface area contributed by atoms with Gasteiger partial charge in [0.05, 0.1) is 0 Å². The first-order valence-corrected chi connectivity index (χ1v) is 21.2. The van der Waals surface area contributed by atoms with Gasteiger partial charge in [0.1, 0.15) is 0 Å². The standard InChI is InChI=1S/C16H40Cl2O3Si4/c1-9-22(17,10-2)19-24(13-5,14-6)21-25(15-7,16-8)20-23(18,11-3)12-4/h9-16H2,1-8H3. The molecule has 0 unspecified atom stereocenters. The lowest BCUT2D eigenvalue weighted by Crippen LogP contribution is -2.60. The van der Waals surface area contributed by atoms with Gasteiger partial charge in [0.25, 0.3) is 15.3 Å². The summed E-state index contributed by atoms with van der Waals surface area (Å²) in [6, 6.07) is 7.31. The first-order chi connectivity index (χ1) is 11.6. The molecule has 0 spiro atoms. The predicted octanol–water partition coefficient (Wildman–Crippen LogP) is 7.44. The molecular formula is C16H40Cl2O3Si4. The molecule has 3 nitrogen and oxygen atoms in total. The van der Waals surface area contributed by atoms with Crippen molar-refractivity contribution in [2.24, 2.45) is 0 Å². The summed E-state index contributed by atoms with van der Waals surface area (Å²) in [4.78, 5) is 0. The minimum atomic E-state index is -2.39. The zero-order valence-electron chi connectivity index (χ0n) is 17.6. The normalized spacial score (nSPS) is 14.2. The fraction of sp³-hybridized carbons (Fsp3) is 1.00. The van der Waals surface area contributed by atoms with Crippen LogP contribution >= 0.6 is 22.2 Å². The largest absolute Gasteiger partial charge is 0.424 e. The second-order valence-corrected chi connectivity index (χ2v) is 26.1. The highest BCUT2D eigenvalue weighted by Gasteiger charge is 2.51. The highest BCUT2D eigenvalue weighted by Crippen LogP contribution is 2.37. The molecule has 0 aromatic carbocycles. The highest BCUT2D eigenvalue weighted by atomic mass is 35.6. The van der Waals surface area contributed by atoms with Crippen LogP contribution in [0, 0.1) is 0 Å². The van der Waals surface area contributed by atoms with E-state index in [0.717, 1.165) is 48.4 Å². The van der Waals surface area contributed by atoms with Gasteiger partial charge in [0.2, 0.25) is 0 Å². The van der Waals surface area contributed by atoms with Crippen molar-refractivity contribution in [3.05, 3.63) is 0 Å². The van der Waals surface area contributed by atoms with E-state index in [2.05, 4.69) is 55.4 Å². The molecule has 0 aliphatic heterocycles. The molecule has 0 saturated heterocycles. The predicted molar refractivity (Wildman–Crippen MR) is 122 cm³/mol. The van der Waals surface area contributed by atoms with Gasteiger partial charge in [0, 0.05) is 0 Å². The summed E-state index contributed by atoms with van der Waals surface area (Å²) in [6.07, 6.45) is 0. The van der Waals surface area contributed by atoms with E-state index in [1.807, 2.05) is 0 Å². The summed E-state index contributed by atoms with van der Waals surface area (Å²) in [5.41, 5.74) is 0. The smallest absolute Gasteiger partial charge is 0.319 e. The van der Waals surface area contributed by atoms with Crippen molar-refractivity contribution in [2.45, 2.75) is 104 Å². The molecular weight excluding hydrogens is 423 g/mol. The maximum Gasteiger partial charge on any atom is 0.319 e. The molecule has 0 heterocycles. The van der Waals surface area contributed by atoms with Crippen molar-refractivity contribution in [1.29, 1.82) is 0 Å². The third-order valence-electron chi connectivity index (χ3n) is 5.38. The van der Waals surface area contributed by atoms with Crippen LogP contribution in [0.15, 0.2) is 0 Å². The van der Waals surface area contributed by atoms with Crippen LogP contribution in [0.5, 0.6) is 0 Å². The lowest BCUT2D eigenvalue weighted by molar-refractivity contribution is 0.308. The molecule has 0 amide bonds. The molecule has 0 aliphatic rings. The third-order valence-corrected chi connectivity index (χ3v) is 27.4. The Kier molecular flexibility index (Phi) is 12.0. The Balaban J connectivity index is 5.72. The first-order valence-electron chi connectivity index (χ1n) is 10.1. The average molecular weight is 464 g/mol. The Morgan fingerprint density at radius 3 is 0.840 bits per heavy atom. The molecule has 0 aromatic heterocycles. The van der Waals surface area contributed by atoms with E-state index in [0.29, 0.717) is 0 Å². The van der Waals surface area contributed by atoms with Crippen molar-refractivity contribution < 1.29 is 12.3 Å². The molecule has 0 rings (SSSR count). The van der Waals surface area contributed by atoms with Gasteiger partial charge in [-0.1, -0.05) is 55.4 Å². The first kappa shape index (κ1) is 26.3. The van der Waals surface area contributed by atoms with E-state index in [9.17, 15) is 0 Å². The second kappa shape index (κ2) is 11.4.